The lowest BCUT2D eigenvalue weighted by atomic mass is 10.2. The molecular weight excluding hydrogens is 335 g/mol. The standard InChI is InChI=1S/C16H18BrFN2O/c1-11(2)8-20-9-12-5-6-19-10-16(12)21-15-7-13(17)3-4-14(15)18/h3-7,10-11,20H,8-9H2,1-2H3. The minimum absolute atomic E-state index is 0.183. The van der Waals surface area contributed by atoms with Gasteiger partial charge in [0, 0.05) is 22.8 Å². The van der Waals surface area contributed by atoms with Crippen molar-refractivity contribution >= 4 is 15.9 Å². The summed E-state index contributed by atoms with van der Waals surface area (Å²) < 4.78 is 20.2. The van der Waals surface area contributed by atoms with E-state index in [1.165, 1.54) is 6.07 Å². The van der Waals surface area contributed by atoms with Crippen LogP contribution in [0.2, 0.25) is 0 Å². The molecule has 2 aromatic rings. The molecule has 0 aliphatic rings. The Hall–Kier alpha value is -1.46. The summed E-state index contributed by atoms with van der Waals surface area (Å²) in [5, 5.41) is 3.34. The smallest absolute Gasteiger partial charge is 0.165 e. The third kappa shape index (κ3) is 4.79. The third-order valence-corrected chi connectivity index (χ3v) is 3.34. The Balaban J connectivity index is 2.14. The van der Waals surface area contributed by atoms with Crippen molar-refractivity contribution in [1.82, 2.24) is 10.3 Å². The van der Waals surface area contributed by atoms with Crippen LogP contribution in [0.3, 0.4) is 0 Å². The van der Waals surface area contributed by atoms with E-state index in [1.54, 1.807) is 24.5 Å². The first kappa shape index (κ1) is 15.9. The second-order valence-corrected chi connectivity index (χ2v) is 6.10. The molecule has 3 nitrogen and oxygen atoms in total. The molecule has 0 radical (unpaired) electrons. The fourth-order valence-corrected chi connectivity index (χ4v) is 2.16. The molecule has 21 heavy (non-hydrogen) atoms. The van der Waals surface area contributed by atoms with Gasteiger partial charge in [-0.1, -0.05) is 29.8 Å². The van der Waals surface area contributed by atoms with Gasteiger partial charge in [0.15, 0.2) is 11.6 Å². The van der Waals surface area contributed by atoms with Crippen molar-refractivity contribution in [3.63, 3.8) is 0 Å². The van der Waals surface area contributed by atoms with Gasteiger partial charge in [-0.3, -0.25) is 4.98 Å². The van der Waals surface area contributed by atoms with Crippen molar-refractivity contribution in [3.05, 3.63) is 52.5 Å². The van der Waals surface area contributed by atoms with Crippen LogP contribution in [0.15, 0.2) is 41.1 Å². The number of hydrogen-bond donors (Lipinski definition) is 1. The zero-order chi connectivity index (χ0) is 15.2. The summed E-state index contributed by atoms with van der Waals surface area (Å²) in [7, 11) is 0. The van der Waals surface area contributed by atoms with E-state index in [4.69, 9.17) is 4.74 Å². The molecule has 1 N–H and O–H groups in total. The first-order valence-electron chi connectivity index (χ1n) is 6.82. The molecule has 0 saturated carbocycles. The van der Waals surface area contributed by atoms with Crippen LogP contribution in [0, 0.1) is 11.7 Å². The Morgan fingerprint density at radius 2 is 2.10 bits per heavy atom. The molecule has 0 saturated heterocycles. The fourth-order valence-electron chi connectivity index (χ4n) is 1.82. The molecule has 1 heterocycles. The van der Waals surface area contributed by atoms with Crippen molar-refractivity contribution in [3.8, 4) is 11.5 Å². The fraction of sp³-hybridized carbons (Fsp3) is 0.312. The average molecular weight is 353 g/mol. The summed E-state index contributed by atoms with van der Waals surface area (Å²) >= 11 is 3.31. The lowest BCUT2D eigenvalue weighted by Gasteiger charge is -2.13. The summed E-state index contributed by atoms with van der Waals surface area (Å²) in [5.74, 6) is 0.912. The molecule has 0 aliphatic heterocycles. The van der Waals surface area contributed by atoms with Gasteiger partial charge < -0.3 is 10.1 Å². The molecular formula is C16H18BrFN2O. The van der Waals surface area contributed by atoms with E-state index in [9.17, 15) is 4.39 Å². The van der Waals surface area contributed by atoms with Gasteiger partial charge >= 0.3 is 0 Å². The lowest BCUT2D eigenvalue weighted by Crippen LogP contribution is -2.19. The van der Waals surface area contributed by atoms with E-state index in [-0.39, 0.29) is 5.75 Å². The monoisotopic (exact) mass is 352 g/mol. The van der Waals surface area contributed by atoms with Gasteiger partial charge in [0.1, 0.15) is 5.75 Å². The number of aromatic nitrogens is 1. The van der Waals surface area contributed by atoms with Crippen LogP contribution in [0.5, 0.6) is 11.5 Å². The zero-order valence-corrected chi connectivity index (χ0v) is 13.7. The Morgan fingerprint density at radius 3 is 2.86 bits per heavy atom. The highest BCUT2D eigenvalue weighted by atomic mass is 79.9. The quantitative estimate of drug-likeness (QED) is 0.829. The van der Waals surface area contributed by atoms with Gasteiger partial charge in [0.05, 0.1) is 6.20 Å². The Kier molecular flexibility index (Phi) is 5.70. The molecule has 1 aromatic heterocycles. The molecule has 0 bridgehead atoms. The van der Waals surface area contributed by atoms with Crippen LogP contribution in [-0.4, -0.2) is 11.5 Å². The van der Waals surface area contributed by atoms with E-state index in [0.29, 0.717) is 18.2 Å². The van der Waals surface area contributed by atoms with Crippen molar-refractivity contribution in [2.24, 2.45) is 5.92 Å². The van der Waals surface area contributed by atoms with Crippen molar-refractivity contribution in [2.75, 3.05) is 6.54 Å². The number of hydrogen-bond acceptors (Lipinski definition) is 3. The molecule has 1 aromatic carbocycles. The molecule has 0 spiro atoms. The number of nitrogens with one attached hydrogen (secondary N) is 1. The highest BCUT2D eigenvalue weighted by Crippen LogP contribution is 2.29. The van der Waals surface area contributed by atoms with Gasteiger partial charge in [-0.05, 0) is 36.7 Å². The maximum atomic E-state index is 13.8. The van der Waals surface area contributed by atoms with E-state index >= 15 is 0 Å². The molecule has 0 aliphatic carbocycles. The Labute approximate surface area is 132 Å². The van der Waals surface area contributed by atoms with Gasteiger partial charge in [-0.2, -0.15) is 0 Å². The maximum Gasteiger partial charge on any atom is 0.165 e. The maximum absolute atomic E-state index is 13.8. The van der Waals surface area contributed by atoms with Gasteiger partial charge in [-0.25, -0.2) is 4.39 Å². The average Bonchev–Trinajstić information content (AvgIpc) is 2.44. The summed E-state index contributed by atoms with van der Waals surface area (Å²) in [6.07, 6.45) is 3.31. The SMILES string of the molecule is CC(C)CNCc1ccncc1Oc1cc(Br)ccc1F. The molecule has 0 unspecified atom stereocenters. The van der Waals surface area contributed by atoms with Crippen LogP contribution in [0.25, 0.3) is 0 Å². The normalized spacial score (nSPS) is 10.9. The van der Waals surface area contributed by atoms with Crippen molar-refractivity contribution in [2.45, 2.75) is 20.4 Å². The largest absolute Gasteiger partial charge is 0.452 e. The Bertz CT molecular complexity index is 605. The second-order valence-electron chi connectivity index (χ2n) is 5.18. The first-order chi connectivity index (χ1) is 10.1. The van der Waals surface area contributed by atoms with Gasteiger partial charge in [0.25, 0.3) is 0 Å². The zero-order valence-electron chi connectivity index (χ0n) is 12.1. The van der Waals surface area contributed by atoms with E-state index < -0.39 is 5.82 Å². The first-order valence-corrected chi connectivity index (χ1v) is 7.62. The summed E-state index contributed by atoms with van der Waals surface area (Å²) in [5.41, 5.74) is 0.949. The third-order valence-electron chi connectivity index (χ3n) is 2.85. The van der Waals surface area contributed by atoms with Crippen LogP contribution >= 0.6 is 15.9 Å². The predicted octanol–water partition coefficient (Wildman–Crippen LogP) is 4.52. The number of pyridine rings is 1. The van der Waals surface area contributed by atoms with Gasteiger partial charge in [0.2, 0.25) is 0 Å². The highest BCUT2D eigenvalue weighted by Gasteiger charge is 2.09. The number of rotatable bonds is 6. The number of ether oxygens (including phenoxy) is 1. The molecule has 2 rings (SSSR count). The molecule has 112 valence electrons. The van der Waals surface area contributed by atoms with Crippen molar-refractivity contribution < 1.29 is 9.13 Å². The summed E-state index contributed by atoms with van der Waals surface area (Å²) in [4.78, 5) is 4.05. The highest BCUT2D eigenvalue weighted by molar-refractivity contribution is 9.10. The molecule has 0 fully saturated rings. The number of halogens is 2. The van der Waals surface area contributed by atoms with Gasteiger partial charge in [-0.15, -0.1) is 0 Å². The molecule has 0 amide bonds. The predicted molar refractivity (Wildman–Crippen MR) is 85.0 cm³/mol. The topological polar surface area (TPSA) is 34.2 Å². The minimum Gasteiger partial charge on any atom is -0.452 e. The van der Waals surface area contributed by atoms with Crippen molar-refractivity contribution in [1.29, 1.82) is 0 Å². The lowest BCUT2D eigenvalue weighted by molar-refractivity contribution is 0.432. The number of benzene rings is 1. The van der Waals surface area contributed by atoms with Crippen LogP contribution in [0.1, 0.15) is 19.4 Å². The van der Waals surface area contributed by atoms with E-state index in [1.807, 2.05) is 6.07 Å². The Morgan fingerprint density at radius 1 is 1.29 bits per heavy atom. The molecule has 0 atom stereocenters. The molecule has 5 heteroatoms. The van der Waals surface area contributed by atoms with Crippen LogP contribution in [-0.2, 0) is 6.54 Å². The minimum atomic E-state index is -0.400. The van der Waals surface area contributed by atoms with Crippen LogP contribution in [0.4, 0.5) is 4.39 Å². The summed E-state index contributed by atoms with van der Waals surface area (Å²) in [6, 6.07) is 6.48. The second kappa shape index (κ2) is 7.52. The van der Waals surface area contributed by atoms with E-state index in [2.05, 4.69) is 40.1 Å². The summed E-state index contributed by atoms with van der Waals surface area (Å²) in [6.45, 7) is 5.86. The number of nitrogens with zero attached hydrogens (tertiary/aromatic N) is 1. The van der Waals surface area contributed by atoms with Crippen LogP contribution < -0.4 is 10.1 Å². The van der Waals surface area contributed by atoms with E-state index in [0.717, 1.165) is 16.6 Å².